The van der Waals surface area contributed by atoms with Gasteiger partial charge in [-0.2, -0.15) is 0 Å². The highest BCUT2D eigenvalue weighted by Gasteiger charge is 2.22. The summed E-state index contributed by atoms with van der Waals surface area (Å²) in [4.78, 5) is 15.2. The highest BCUT2D eigenvalue weighted by molar-refractivity contribution is 5.95. The van der Waals surface area contributed by atoms with Crippen LogP contribution in [0.2, 0.25) is 0 Å². The highest BCUT2D eigenvalue weighted by Crippen LogP contribution is 2.25. The molecule has 4 heteroatoms. The van der Waals surface area contributed by atoms with Crippen molar-refractivity contribution in [1.82, 2.24) is 10.2 Å². The Morgan fingerprint density at radius 1 is 1.04 bits per heavy atom. The maximum atomic E-state index is 12.7. The predicted octanol–water partition coefficient (Wildman–Crippen LogP) is 4.35. The summed E-state index contributed by atoms with van der Waals surface area (Å²) in [6.07, 6.45) is 5.03. The second-order valence-corrected chi connectivity index (χ2v) is 7.26. The van der Waals surface area contributed by atoms with E-state index in [0.717, 1.165) is 30.0 Å². The number of carbonyl (C=O) groups is 1. The zero-order valence-corrected chi connectivity index (χ0v) is 16.4. The van der Waals surface area contributed by atoms with Gasteiger partial charge >= 0.3 is 0 Å². The molecule has 1 unspecified atom stereocenters. The van der Waals surface area contributed by atoms with E-state index < -0.39 is 0 Å². The Morgan fingerprint density at radius 2 is 1.70 bits per heavy atom. The van der Waals surface area contributed by atoms with E-state index in [0.29, 0.717) is 6.54 Å². The first-order valence-electron chi connectivity index (χ1n) is 9.91. The number of amides is 1. The lowest BCUT2D eigenvalue weighted by atomic mass is 10.0. The SMILES string of the molecule is COc1ccc(C(CNC(=O)c2ccccc2C)N2CCCCCC2)cc1. The molecule has 27 heavy (non-hydrogen) atoms. The monoisotopic (exact) mass is 366 g/mol. The molecule has 0 bridgehead atoms. The zero-order valence-electron chi connectivity index (χ0n) is 16.4. The molecule has 0 radical (unpaired) electrons. The lowest BCUT2D eigenvalue weighted by molar-refractivity contribution is 0.0932. The van der Waals surface area contributed by atoms with Crippen LogP contribution in [0.5, 0.6) is 5.75 Å². The van der Waals surface area contributed by atoms with Crippen LogP contribution in [-0.2, 0) is 0 Å². The minimum Gasteiger partial charge on any atom is -0.497 e. The molecule has 1 amide bonds. The molecule has 1 atom stereocenters. The van der Waals surface area contributed by atoms with Crippen molar-refractivity contribution in [2.24, 2.45) is 0 Å². The van der Waals surface area contributed by atoms with Gasteiger partial charge in [-0.25, -0.2) is 0 Å². The van der Waals surface area contributed by atoms with Crippen LogP contribution >= 0.6 is 0 Å². The van der Waals surface area contributed by atoms with Crippen LogP contribution in [0.15, 0.2) is 48.5 Å². The van der Waals surface area contributed by atoms with Gasteiger partial charge in [-0.05, 0) is 62.2 Å². The summed E-state index contributed by atoms with van der Waals surface area (Å²) in [6, 6.07) is 16.2. The van der Waals surface area contributed by atoms with Crippen molar-refractivity contribution in [3.63, 3.8) is 0 Å². The lowest BCUT2D eigenvalue weighted by Crippen LogP contribution is -2.38. The Morgan fingerprint density at radius 3 is 2.33 bits per heavy atom. The van der Waals surface area contributed by atoms with E-state index in [2.05, 4.69) is 22.3 Å². The first-order chi connectivity index (χ1) is 13.2. The predicted molar refractivity (Wildman–Crippen MR) is 109 cm³/mol. The van der Waals surface area contributed by atoms with E-state index >= 15 is 0 Å². The Kier molecular flexibility index (Phi) is 6.88. The van der Waals surface area contributed by atoms with Gasteiger partial charge < -0.3 is 10.1 Å². The molecule has 1 N–H and O–H groups in total. The molecular formula is C23H30N2O2. The molecule has 0 spiro atoms. The average Bonchev–Trinajstić information content (AvgIpc) is 2.98. The third-order valence-corrected chi connectivity index (χ3v) is 5.43. The number of rotatable bonds is 6. The largest absolute Gasteiger partial charge is 0.497 e. The molecule has 144 valence electrons. The Bertz CT molecular complexity index is 734. The summed E-state index contributed by atoms with van der Waals surface area (Å²) in [5, 5.41) is 3.17. The van der Waals surface area contributed by atoms with E-state index in [-0.39, 0.29) is 11.9 Å². The Hall–Kier alpha value is -2.33. The molecule has 1 aliphatic rings. The Balaban J connectivity index is 1.76. The van der Waals surface area contributed by atoms with Crippen LogP contribution in [-0.4, -0.2) is 37.6 Å². The number of carbonyl (C=O) groups excluding carboxylic acids is 1. The minimum absolute atomic E-state index is 0.00133. The van der Waals surface area contributed by atoms with Crippen LogP contribution < -0.4 is 10.1 Å². The van der Waals surface area contributed by atoms with Crippen LogP contribution in [0.4, 0.5) is 0 Å². The minimum atomic E-state index is 0.00133. The molecule has 2 aromatic carbocycles. The fourth-order valence-corrected chi connectivity index (χ4v) is 3.80. The van der Waals surface area contributed by atoms with Gasteiger partial charge in [-0.3, -0.25) is 9.69 Å². The molecule has 1 heterocycles. The topological polar surface area (TPSA) is 41.6 Å². The van der Waals surface area contributed by atoms with E-state index in [1.165, 1.54) is 31.2 Å². The Labute approximate surface area is 162 Å². The van der Waals surface area contributed by atoms with Gasteiger partial charge in [0.25, 0.3) is 5.91 Å². The maximum Gasteiger partial charge on any atom is 0.251 e. The fraction of sp³-hybridized carbons (Fsp3) is 0.435. The molecule has 2 aromatic rings. The van der Waals surface area contributed by atoms with E-state index in [1.807, 2.05) is 43.3 Å². The fourth-order valence-electron chi connectivity index (χ4n) is 3.80. The van der Waals surface area contributed by atoms with Crippen LogP contribution in [0.3, 0.4) is 0 Å². The van der Waals surface area contributed by atoms with Gasteiger partial charge in [-0.1, -0.05) is 43.2 Å². The van der Waals surface area contributed by atoms with Gasteiger partial charge in [0.1, 0.15) is 5.75 Å². The molecule has 0 aliphatic carbocycles. The molecule has 4 nitrogen and oxygen atoms in total. The van der Waals surface area contributed by atoms with E-state index in [4.69, 9.17) is 4.74 Å². The second kappa shape index (κ2) is 9.56. The molecule has 0 aromatic heterocycles. The lowest BCUT2D eigenvalue weighted by Gasteiger charge is -2.31. The van der Waals surface area contributed by atoms with Crippen molar-refractivity contribution in [2.75, 3.05) is 26.7 Å². The van der Waals surface area contributed by atoms with Crippen LogP contribution in [0, 0.1) is 6.92 Å². The van der Waals surface area contributed by atoms with Crippen molar-refractivity contribution in [1.29, 1.82) is 0 Å². The summed E-state index contributed by atoms with van der Waals surface area (Å²) in [5.41, 5.74) is 2.98. The van der Waals surface area contributed by atoms with Crippen molar-refractivity contribution in [3.8, 4) is 5.75 Å². The first kappa shape index (κ1) is 19.4. The maximum absolute atomic E-state index is 12.7. The zero-order chi connectivity index (χ0) is 19.1. The summed E-state index contributed by atoms with van der Waals surface area (Å²) >= 11 is 0. The number of ether oxygens (including phenoxy) is 1. The van der Waals surface area contributed by atoms with Gasteiger partial charge in [0.15, 0.2) is 0 Å². The molecule has 3 rings (SSSR count). The summed E-state index contributed by atoms with van der Waals surface area (Å²) in [6.45, 7) is 4.75. The summed E-state index contributed by atoms with van der Waals surface area (Å²) in [5.74, 6) is 0.860. The van der Waals surface area contributed by atoms with E-state index in [9.17, 15) is 4.79 Å². The molecule has 1 saturated heterocycles. The number of methoxy groups -OCH3 is 1. The number of hydrogen-bond acceptors (Lipinski definition) is 3. The van der Waals surface area contributed by atoms with Crippen molar-refractivity contribution in [2.45, 2.75) is 38.6 Å². The third-order valence-electron chi connectivity index (χ3n) is 5.43. The number of hydrogen-bond donors (Lipinski definition) is 1. The quantitative estimate of drug-likeness (QED) is 0.826. The third kappa shape index (κ3) is 5.10. The molecule has 1 fully saturated rings. The average molecular weight is 367 g/mol. The van der Waals surface area contributed by atoms with Crippen molar-refractivity contribution >= 4 is 5.91 Å². The summed E-state index contributed by atoms with van der Waals surface area (Å²) < 4.78 is 5.30. The van der Waals surface area contributed by atoms with Crippen molar-refractivity contribution < 1.29 is 9.53 Å². The van der Waals surface area contributed by atoms with Crippen molar-refractivity contribution in [3.05, 3.63) is 65.2 Å². The first-order valence-corrected chi connectivity index (χ1v) is 9.91. The van der Waals surface area contributed by atoms with E-state index in [1.54, 1.807) is 7.11 Å². The molecule has 1 aliphatic heterocycles. The van der Waals surface area contributed by atoms with Crippen LogP contribution in [0.25, 0.3) is 0 Å². The number of nitrogens with one attached hydrogen (secondary N) is 1. The second-order valence-electron chi connectivity index (χ2n) is 7.26. The number of nitrogens with zero attached hydrogens (tertiary/aromatic N) is 1. The van der Waals surface area contributed by atoms with Gasteiger partial charge in [0, 0.05) is 12.1 Å². The van der Waals surface area contributed by atoms with Crippen LogP contribution in [0.1, 0.15) is 53.2 Å². The smallest absolute Gasteiger partial charge is 0.251 e. The van der Waals surface area contributed by atoms with Gasteiger partial charge in [0.2, 0.25) is 0 Å². The number of aryl methyl sites for hydroxylation is 1. The number of likely N-dealkylation sites (tertiary alicyclic amines) is 1. The molecular weight excluding hydrogens is 336 g/mol. The standard InChI is InChI=1S/C23H30N2O2/c1-18-9-5-6-10-21(18)23(26)24-17-22(25-15-7-3-4-8-16-25)19-11-13-20(27-2)14-12-19/h5-6,9-14,22H,3-4,7-8,15-17H2,1-2H3,(H,24,26). The van der Waals surface area contributed by atoms with Gasteiger partial charge in [0.05, 0.1) is 13.2 Å². The number of benzene rings is 2. The normalized spacial score (nSPS) is 16.4. The summed E-state index contributed by atoms with van der Waals surface area (Å²) in [7, 11) is 1.68. The molecule has 0 saturated carbocycles. The highest BCUT2D eigenvalue weighted by atomic mass is 16.5. The van der Waals surface area contributed by atoms with Gasteiger partial charge in [-0.15, -0.1) is 0 Å².